The maximum atomic E-state index is 11.6. The molecular formula is C10H20N2O. The van der Waals surface area contributed by atoms with Gasteiger partial charge < -0.3 is 11.1 Å². The summed E-state index contributed by atoms with van der Waals surface area (Å²) in [6.45, 7) is 5.78. The topological polar surface area (TPSA) is 55.1 Å². The van der Waals surface area contributed by atoms with Crippen LogP contribution in [0, 0.1) is 5.41 Å². The fourth-order valence-electron chi connectivity index (χ4n) is 1.55. The average Bonchev–Trinajstić information content (AvgIpc) is 2.33. The molecule has 1 amide bonds. The van der Waals surface area contributed by atoms with Crippen molar-refractivity contribution >= 4 is 5.91 Å². The van der Waals surface area contributed by atoms with Crippen molar-refractivity contribution in [2.75, 3.05) is 0 Å². The van der Waals surface area contributed by atoms with E-state index >= 15 is 0 Å². The third-order valence-electron chi connectivity index (χ3n) is 2.49. The molecule has 0 saturated heterocycles. The number of nitrogens with one attached hydrogen (secondary N) is 1. The van der Waals surface area contributed by atoms with Gasteiger partial charge in [0.25, 0.3) is 0 Å². The van der Waals surface area contributed by atoms with Crippen LogP contribution in [0.15, 0.2) is 0 Å². The van der Waals surface area contributed by atoms with Crippen LogP contribution in [0.3, 0.4) is 0 Å². The zero-order chi connectivity index (χ0) is 10.1. The van der Waals surface area contributed by atoms with E-state index in [0.717, 1.165) is 19.3 Å². The Balaban J connectivity index is 2.37. The van der Waals surface area contributed by atoms with Gasteiger partial charge in [-0.2, -0.15) is 0 Å². The van der Waals surface area contributed by atoms with E-state index in [1.807, 2.05) is 20.8 Å². The quantitative estimate of drug-likeness (QED) is 0.639. The predicted octanol–water partition coefficient (Wildman–Crippen LogP) is 1.03. The smallest absolute Gasteiger partial charge is 0.225 e. The molecule has 1 aliphatic carbocycles. The zero-order valence-corrected chi connectivity index (χ0v) is 8.76. The Labute approximate surface area is 80.1 Å². The molecule has 3 nitrogen and oxygen atoms in total. The molecule has 2 unspecified atom stereocenters. The van der Waals surface area contributed by atoms with Crippen LogP contribution in [0.2, 0.25) is 0 Å². The lowest BCUT2D eigenvalue weighted by atomic mass is 9.95. The highest BCUT2D eigenvalue weighted by Gasteiger charge is 2.27. The van der Waals surface area contributed by atoms with Gasteiger partial charge in [0.15, 0.2) is 0 Å². The second kappa shape index (κ2) is 3.66. The minimum Gasteiger partial charge on any atom is -0.353 e. The van der Waals surface area contributed by atoms with Crippen LogP contribution in [0.1, 0.15) is 40.0 Å². The van der Waals surface area contributed by atoms with E-state index in [-0.39, 0.29) is 17.4 Å². The summed E-state index contributed by atoms with van der Waals surface area (Å²) in [5, 5.41) is 3.03. The van der Waals surface area contributed by atoms with Crippen LogP contribution in [0.25, 0.3) is 0 Å². The van der Waals surface area contributed by atoms with Crippen molar-refractivity contribution < 1.29 is 4.79 Å². The van der Waals surface area contributed by atoms with Crippen molar-refractivity contribution in [3.63, 3.8) is 0 Å². The number of amides is 1. The zero-order valence-electron chi connectivity index (χ0n) is 8.76. The van der Waals surface area contributed by atoms with Crippen LogP contribution in [-0.4, -0.2) is 18.0 Å². The first-order valence-corrected chi connectivity index (χ1v) is 4.96. The monoisotopic (exact) mass is 184 g/mol. The minimum atomic E-state index is -0.285. The molecule has 1 saturated carbocycles. The van der Waals surface area contributed by atoms with E-state index in [0.29, 0.717) is 6.04 Å². The number of rotatable bonds is 1. The first-order chi connectivity index (χ1) is 5.89. The van der Waals surface area contributed by atoms with Crippen LogP contribution in [-0.2, 0) is 4.79 Å². The van der Waals surface area contributed by atoms with Gasteiger partial charge in [-0.05, 0) is 19.3 Å². The minimum absolute atomic E-state index is 0.131. The third-order valence-corrected chi connectivity index (χ3v) is 2.49. The Hall–Kier alpha value is -0.570. The van der Waals surface area contributed by atoms with E-state index in [4.69, 9.17) is 5.73 Å². The average molecular weight is 184 g/mol. The molecule has 13 heavy (non-hydrogen) atoms. The SMILES string of the molecule is CC(C)(C)C(=O)NC1CCC(N)C1. The van der Waals surface area contributed by atoms with Gasteiger partial charge in [0.2, 0.25) is 5.91 Å². The highest BCUT2D eigenvalue weighted by molar-refractivity contribution is 5.81. The summed E-state index contributed by atoms with van der Waals surface area (Å²) in [6.07, 6.45) is 3.00. The second-order valence-corrected chi connectivity index (χ2v) is 4.99. The molecule has 0 aromatic rings. The van der Waals surface area contributed by atoms with E-state index < -0.39 is 0 Å². The molecule has 0 aromatic carbocycles. The normalized spacial score (nSPS) is 28.9. The molecule has 1 fully saturated rings. The van der Waals surface area contributed by atoms with Gasteiger partial charge in [-0.3, -0.25) is 4.79 Å². The molecular weight excluding hydrogens is 164 g/mol. The van der Waals surface area contributed by atoms with Crippen molar-refractivity contribution in [2.24, 2.45) is 11.1 Å². The van der Waals surface area contributed by atoms with Gasteiger partial charge in [0.1, 0.15) is 0 Å². The first kappa shape index (κ1) is 10.5. The Morgan fingerprint density at radius 2 is 2.00 bits per heavy atom. The highest BCUT2D eigenvalue weighted by atomic mass is 16.2. The van der Waals surface area contributed by atoms with Gasteiger partial charge in [0, 0.05) is 17.5 Å². The molecule has 1 aliphatic rings. The van der Waals surface area contributed by atoms with E-state index in [2.05, 4.69) is 5.32 Å². The molecule has 0 heterocycles. The number of carbonyl (C=O) groups excluding carboxylic acids is 1. The Morgan fingerprint density at radius 3 is 2.38 bits per heavy atom. The Bertz CT molecular complexity index is 196. The van der Waals surface area contributed by atoms with Crippen molar-refractivity contribution in [1.29, 1.82) is 0 Å². The van der Waals surface area contributed by atoms with Crippen molar-refractivity contribution in [3.8, 4) is 0 Å². The van der Waals surface area contributed by atoms with E-state index in [1.54, 1.807) is 0 Å². The molecule has 76 valence electrons. The molecule has 0 radical (unpaired) electrons. The summed E-state index contributed by atoms with van der Waals surface area (Å²) in [7, 11) is 0. The highest BCUT2D eigenvalue weighted by Crippen LogP contribution is 2.20. The number of carbonyl (C=O) groups is 1. The Kier molecular flexibility index (Phi) is 2.96. The maximum Gasteiger partial charge on any atom is 0.225 e. The molecule has 0 spiro atoms. The number of hydrogen-bond acceptors (Lipinski definition) is 2. The summed E-state index contributed by atoms with van der Waals surface area (Å²) < 4.78 is 0. The Morgan fingerprint density at radius 1 is 1.38 bits per heavy atom. The summed E-state index contributed by atoms with van der Waals surface area (Å²) in [4.78, 5) is 11.6. The maximum absolute atomic E-state index is 11.6. The molecule has 3 heteroatoms. The van der Waals surface area contributed by atoms with Crippen molar-refractivity contribution in [3.05, 3.63) is 0 Å². The lowest BCUT2D eigenvalue weighted by Gasteiger charge is -2.21. The van der Waals surface area contributed by atoms with Crippen molar-refractivity contribution in [2.45, 2.75) is 52.1 Å². The fourth-order valence-corrected chi connectivity index (χ4v) is 1.55. The third kappa shape index (κ3) is 2.99. The molecule has 3 N–H and O–H groups in total. The van der Waals surface area contributed by atoms with Crippen LogP contribution >= 0.6 is 0 Å². The van der Waals surface area contributed by atoms with Crippen LogP contribution in [0.5, 0.6) is 0 Å². The molecule has 0 bridgehead atoms. The molecule has 0 aromatic heterocycles. The fraction of sp³-hybridized carbons (Fsp3) is 0.900. The summed E-state index contributed by atoms with van der Waals surface area (Å²) in [5.41, 5.74) is 5.47. The second-order valence-electron chi connectivity index (χ2n) is 4.99. The van der Waals surface area contributed by atoms with Crippen LogP contribution < -0.4 is 11.1 Å². The predicted molar refractivity (Wildman–Crippen MR) is 53.2 cm³/mol. The van der Waals surface area contributed by atoms with Gasteiger partial charge in [0.05, 0.1) is 0 Å². The van der Waals surface area contributed by atoms with Crippen LogP contribution in [0.4, 0.5) is 0 Å². The summed E-state index contributed by atoms with van der Waals surface area (Å²) >= 11 is 0. The van der Waals surface area contributed by atoms with E-state index in [1.165, 1.54) is 0 Å². The molecule has 2 atom stereocenters. The number of nitrogens with two attached hydrogens (primary N) is 1. The van der Waals surface area contributed by atoms with Gasteiger partial charge in [-0.15, -0.1) is 0 Å². The number of hydrogen-bond donors (Lipinski definition) is 2. The molecule has 0 aliphatic heterocycles. The van der Waals surface area contributed by atoms with Gasteiger partial charge in [-0.25, -0.2) is 0 Å². The van der Waals surface area contributed by atoms with Gasteiger partial charge >= 0.3 is 0 Å². The van der Waals surface area contributed by atoms with Gasteiger partial charge in [-0.1, -0.05) is 20.8 Å². The molecule has 1 rings (SSSR count). The first-order valence-electron chi connectivity index (χ1n) is 4.96. The lowest BCUT2D eigenvalue weighted by molar-refractivity contribution is -0.129. The summed E-state index contributed by atoms with van der Waals surface area (Å²) in [5.74, 6) is 0.131. The largest absolute Gasteiger partial charge is 0.353 e. The standard InChI is InChI=1S/C10H20N2O/c1-10(2,3)9(13)12-8-5-4-7(11)6-8/h7-8H,4-6,11H2,1-3H3,(H,12,13). The van der Waals surface area contributed by atoms with Crippen molar-refractivity contribution in [1.82, 2.24) is 5.32 Å². The summed E-state index contributed by atoms with van der Waals surface area (Å²) in [6, 6.07) is 0.590. The van der Waals surface area contributed by atoms with E-state index in [9.17, 15) is 4.79 Å². The lowest BCUT2D eigenvalue weighted by Crippen LogP contribution is -2.41.